The lowest BCUT2D eigenvalue weighted by Gasteiger charge is -2.31. The van der Waals surface area contributed by atoms with Crippen molar-refractivity contribution in [2.45, 2.75) is 26.8 Å². The molecule has 0 amide bonds. The zero-order valence-electron chi connectivity index (χ0n) is 11.6. The van der Waals surface area contributed by atoms with Crippen LogP contribution < -0.4 is 10.6 Å². The largest absolute Gasteiger partial charge is 0.399 e. The van der Waals surface area contributed by atoms with E-state index in [1.807, 2.05) is 6.07 Å². The second-order valence-electron chi connectivity index (χ2n) is 5.47. The lowest BCUT2D eigenvalue weighted by Crippen LogP contribution is -2.30. The number of aryl methyl sites for hydroxylation is 2. The molecule has 0 saturated heterocycles. The molecule has 0 saturated carbocycles. The average Bonchev–Trinajstić information content (AvgIpc) is 2.41. The lowest BCUT2D eigenvalue weighted by atomic mass is 9.98. The number of fused-ring (bicyclic) bond motifs is 1. The maximum absolute atomic E-state index is 5.89. The molecule has 3 rings (SSSR count). The second kappa shape index (κ2) is 4.61. The van der Waals surface area contributed by atoms with E-state index in [4.69, 9.17) is 5.73 Å². The van der Waals surface area contributed by atoms with Crippen molar-refractivity contribution in [3.63, 3.8) is 0 Å². The van der Waals surface area contributed by atoms with Crippen molar-refractivity contribution in [2.75, 3.05) is 17.2 Å². The first-order valence-corrected chi connectivity index (χ1v) is 6.83. The van der Waals surface area contributed by atoms with Gasteiger partial charge >= 0.3 is 0 Å². The number of nitrogens with two attached hydrogens (primary N) is 1. The van der Waals surface area contributed by atoms with Crippen LogP contribution in [0.4, 0.5) is 11.4 Å². The Morgan fingerprint density at radius 2 is 1.79 bits per heavy atom. The molecule has 2 heteroatoms. The summed E-state index contributed by atoms with van der Waals surface area (Å²) in [6, 6.07) is 13.0. The summed E-state index contributed by atoms with van der Waals surface area (Å²) in [6.45, 7) is 6.38. The van der Waals surface area contributed by atoms with Crippen LogP contribution in [0.25, 0.3) is 0 Å². The molecule has 0 radical (unpaired) electrons. The Balaban J connectivity index is 1.90. The summed E-state index contributed by atoms with van der Waals surface area (Å²) in [4.78, 5) is 2.44. The maximum atomic E-state index is 5.89. The Kier molecular flexibility index (Phi) is 2.94. The van der Waals surface area contributed by atoms with E-state index in [0.29, 0.717) is 0 Å². The third-order valence-electron chi connectivity index (χ3n) is 4.10. The van der Waals surface area contributed by atoms with Gasteiger partial charge in [0.15, 0.2) is 0 Å². The molecule has 0 spiro atoms. The zero-order chi connectivity index (χ0) is 13.4. The van der Waals surface area contributed by atoms with Gasteiger partial charge < -0.3 is 10.6 Å². The Morgan fingerprint density at radius 1 is 0.947 bits per heavy atom. The molecule has 2 aromatic rings. The Morgan fingerprint density at radius 3 is 2.58 bits per heavy atom. The predicted octanol–water partition coefficient (Wildman–Crippen LogP) is 3.45. The molecule has 0 bridgehead atoms. The first kappa shape index (κ1) is 12.1. The van der Waals surface area contributed by atoms with Gasteiger partial charge in [0.25, 0.3) is 0 Å². The Hall–Kier alpha value is -1.96. The lowest BCUT2D eigenvalue weighted by molar-refractivity contribution is 0.731. The first-order chi connectivity index (χ1) is 9.13. The molecule has 2 N–H and O–H groups in total. The standard InChI is InChI=1S/C17H20N2/c1-12-3-6-17(9-13(12)2)19-8-7-14-4-5-16(18)10-15(14)11-19/h3-6,9-10H,7-8,11,18H2,1-2H3. The number of nitrogens with zero attached hydrogens (tertiary/aromatic N) is 1. The normalized spacial score (nSPS) is 14.3. The smallest absolute Gasteiger partial charge is 0.0433 e. The summed E-state index contributed by atoms with van der Waals surface area (Å²) in [7, 11) is 0. The van der Waals surface area contributed by atoms with Crippen LogP contribution in [0.5, 0.6) is 0 Å². The summed E-state index contributed by atoms with van der Waals surface area (Å²) < 4.78 is 0. The number of benzene rings is 2. The molecule has 0 atom stereocenters. The molecule has 98 valence electrons. The summed E-state index contributed by atoms with van der Waals surface area (Å²) in [5, 5.41) is 0. The van der Waals surface area contributed by atoms with Crippen molar-refractivity contribution < 1.29 is 0 Å². The van der Waals surface area contributed by atoms with E-state index in [0.717, 1.165) is 25.2 Å². The van der Waals surface area contributed by atoms with Gasteiger partial charge in [0.05, 0.1) is 0 Å². The number of hydrogen-bond acceptors (Lipinski definition) is 2. The fourth-order valence-electron chi connectivity index (χ4n) is 2.72. The van der Waals surface area contributed by atoms with Crippen LogP contribution in [-0.4, -0.2) is 6.54 Å². The molecule has 2 nitrogen and oxygen atoms in total. The van der Waals surface area contributed by atoms with Gasteiger partial charge in [0.2, 0.25) is 0 Å². The van der Waals surface area contributed by atoms with Gasteiger partial charge in [-0.25, -0.2) is 0 Å². The van der Waals surface area contributed by atoms with Gasteiger partial charge in [0, 0.05) is 24.5 Å². The SMILES string of the molecule is Cc1ccc(N2CCc3ccc(N)cc3C2)cc1C. The van der Waals surface area contributed by atoms with Gasteiger partial charge in [-0.3, -0.25) is 0 Å². The van der Waals surface area contributed by atoms with Crippen LogP contribution in [0.3, 0.4) is 0 Å². The van der Waals surface area contributed by atoms with Crippen LogP contribution in [-0.2, 0) is 13.0 Å². The van der Waals surface area contributed by atoms with E-state index in [-0.39, 0.29) is 0 Å². The van der Waals surface area contributed by atoms with Gasteiger partial charge in [0.1, 0.15) is 0 Å². The van der Waals surface area contributed by atoms with Gasteiger partial charge in [-0.05, 0) is 66.8 Å². The third-order valence-corrected chi connectivity index (χ3v) is 4.10. The fraction of sp³-hybridized carbons (Fsp3) is 0.294. The van der Waals surface area contributed by atoms with E-state index < -0.39 is 0 Å². The minimum absolute atomic E-state index is 0.862. The molecular weight excluding hydrogens is 232 g/mol. The molecule has 1 aliphatic heterocycles. The first-order valence-electron chi connectivity index (χ1n) is 6.83. The number of anilines is 2. The number of hydrogen-bond donors (Lipinski definition) is 1. The monoisotopic (exact) mass is 252 g/mol. The van der Waals surface area contributed by atoms with Crippen LogP contribution >= 0.6 is 0 Å². The van der Waals surface area contributed by atoms with Crippen molar-refractivity contribution in [1.82, 2.24) is 0 Å². The summed E-state index contributed by atoms with van der Waals surface area (Å²) >= 11 is 0. The van der Waals surface area contributed by atoms with Crippen LogP contribution in [0, 0.1) is 13.8 Å². The summed E-state index contributed by atoms with van der Waals surface area (Å²) in [6.07, 6.45) is 1.10. The summed E-state index contributed by atoms with van der Waals surface area (Å²) in [5.74, 6) is 0. The quantitative estimate of drug-likeness (QED) is 0.788. The highest BCUT2D eigenvalue weighted by molar-refractivity contribution is 5.54. The molecule has 19 heavy (non-hydrogen) atoms. The van der Waals surface area contributed by atoms with E-state index in [1.165, 1.54) is 27.9 Å². The van der Waals surface area contributed by atoms with E-state index in [9.17, 15) is 0 Å². The number of rotatable bonds is 1. The maximum Gasteiger partial charge on any atom is 0.0433 e. The topological polar surface area (TPSA) is 29.3 Å². The molecule has 2 aromatic carbocycles. The fourth-order valence-corrected chi connectivity index (χ4v) is 2.72. The molecule has 1 aliphatic rings. The molecule has 0 fully saturated rings. The average molecular weight is 252 g/mol. The van der Waals surface area contributed by atoms with E-state index in [2.05, 4.69) is 49.1 Å². The van der Waals surface area contributed by atoms with Crippen molar-refractivity contribution >= 4 is 11.4 Å². The Labute approximate surface area is 114 Å². The summed E-state index contributed by atoms with van der Waals surface area (Å²) in [5.41, 5.74) is 13.6. The van der Waals surface area contributed by atoms with Crippen molar-refractivity contribution in [2.24, 2.45) is 0 Å². The van der Waals surface area contributed by atoms with Crippen molar-refractivity contribution in [3.05, 3.63) is 58.7 Å². The minimum Gasteiger partial charge on any atom is -0.399 e. The third kappa shape index (κ3) is 2.30. The molecule has 0 unspecified atom stereocenters. The highest BCUT2D eigenvalue weighted by atomic mass is 15.1. The second-order valence-corrected chi connectivity index (χ2v) is 5.47. The highest BCUT2D eigenvalue weighted by Gasteiger charge is 2.16. The zero-order valence-corrected chi connectivity index (χ0v) is 11.6. The van der Waals surface area contributed by atoms with Crippen molar-refractivity contribution in [1.29, 1.82) is 0 Å². The van der Waals surface area contributed by atoms with Crippen LogP contribution in [0.2, 0.25) is 0 Å². The number of nitrogen functional groups attached to an aromatic ring is 1. The predicted molar refractivity (Wildman–Crippen MR) is 81.5 cm³/mol. The van der Waals surface area contributed by atoms with Crippen LogP contribution in [0.15, 0.2) is 36.4 Å². The van der Waals surface area contributed by atoms with Crippen LogP contribution in [0.1, 0.15) is 22.3 Å². The van der Waals surface area contributed by atoms with Gasteiger partial charge in [-0.15, -0.1) is 0 Å². The molecule has 1 heterocycles. The van der Waals surface area contributed by atoms with Gasteiger partial charge in [-0.2, -0.15) is 0 Å². The van der Waals surface area contributed by atoms with E-state index >= 15 is 0 Å². The molecular formula is C17H20N2. The highest BCUT2D eigenvalue weighted by Crippen LogP contribution is 2.27. The molecule has 0 aromatic heterocycles. The molecule has 0 aliphatic carbocycles. The Bertz CT molecular complexity index is 617. The van der Waals surface area contributed by atoms with E-state index in [1.54, 1.807) is 0 Å². The van der Waals surface area contributed by atoms with Crippen molar-refractivity contribution in [3.8, 4) is 0 Å². The van der Waals surface area contributed by atoms with Gasteiger partial charge in [-0.1, -0.05) is 12.1 Å². The minimum atomic E-state index is 0.862.